The van der Waals surface area contributed by atoms with Crippen molar-refractivity contribution in [1.29, 1.82) is 0 Å². The highest BCUT2D eigenvalue weighted by Crippen LogP contribution is 2.39. The lowest BCUT2D eigenvalue weighted by molar-refractivity contribution is -0.344. The van der Waals surface area contributed by atoms with Crippen LogP contribution >= 0.6 is 0 Å². The summed E-state index contributed by atoms with van der Waals surface area (Å²) in [5, 5.41) is 0. The Morgan fingerprint density at radius 2 is 0.529 bits per heavy atom. The largest absolute Gasteiger partial charge is 0.493 e. The molecular weight excluding hydrogens is 821 g/mol. The van der Waals surface area contributed by atoms with Gasteiger partial charge in [-0.3, -0.25) is 0 Å². The van der Waals surface area contributed by atoms with E-state index in [1.807, 2.05) is 0 Å². The lowest BCUT2D eigenvalue weighted by Gasteiger charge is -2.15. The second-order valence-electron chi connectivity index (χ2n) is 21.9. The topological polar surface area (TPSA) is 25.3 Å². The zero-order valence-electron chi connectivity index (χ0n) is 46.3. The number of unbranched alkanes of at least 4 members (excludes halogenated alkanes) is 35. The SMILES string of the molecule is CCCCCCCCCCCCCCCCCCCCCCCCCCCCCCC1=C(c2cc(CCCCCC)cc(CCCCCC)c2)[N+](=[N-])C(c2cc(CCCC)cc(CCCC)c2)=C1. The van der Waals surface area contributed by atoms with Crippen LogP contribution in [-0.4, -0.2) is 4.70 Å². The van der Waals surface area contributed by atoms with Gasteiger partial charge >= 0.3 is 0 Å². The van der Waals surface area contributed by atoms with E-state index in [2.05, 4.69) is 77.1 Å². The van der Waals surface area contributed by atoms with Gasteiger partial charge < -0.3 is 5.53 Å². The summed E-state index contributed by atoms with van der Waals surface area (Å²) in [5.41, 5.74) is 23.8. The van der Waals surface area contributed by atoms with E-state index >= 15 is 0 Å². The highest BCUT2D eigenvalue weighted by atomic mass is 15.2. The van der Waals surface area contributed by atoms with Crippen LogP contribution in [0, 0.1) is 0 Å². The Labute approximate surface area is 424 Å². The van der Waals surface area contributed by atoms with E-state index in [1.54, 1.807) is 4.70 Å². The molecule has 2 nitrogen and oxygen atoms in total. The van der Waals surface area contributed by atoms with Crippen LogP contribution in [0.4, 0.5) is 0 Å². The van der Waals surface area contributed by atoms with Gasteiger partial charge in [0.2, 0.25) is 11.4 Å². The summed E-state index contributed by atoms with van der Waals surface area (Å²) in [4.78, 5) is 0. The average molecular weight is 934 g/mol. The van der Waals surface area contributed by atoms with Gasteiger partial charge in [0.05, 0.1) is 0 Å². The maximum Gasteiger partial charge on any atom is 0.210 e. The number of benzene rings is 2. The molecule has 2 heteroatoms. The smallest absolute Gasteiger partial charge is 0.210 e. The third kappa shape index (κ3) is 27.2. The molecule has 2 aromatic carbocycles. The number of rotatable bonds is 47. The molecule has 0 radical (unpaired) electrons. The number of nitrogens with zero attached hydrogens (tertiary/aromatic N) is 2. The van der Waals surface area contributed by atoms with Crippen molar-refractivity contribution in [3.05, 3.63) is 87.0 Å². The molecule has 0 aromatic heterocycles. The molecule has 0 fully saturated rings. The number of allylic oxidation sites excluding steroid dienone is 2. The Morgan fingerprint density at radius 1 is 0.279 bits per heavy atom. The van der Waals surface area contributed by atoms with Crippen LogP contribution in [0.5, 0.6) is 0 Å². The molecule has 0 atom stereocenters. The quantitative estimate of drug-likeness (QED) is 0.0467. The fourth-order valence-corrected chi connectivity index (χ4v) is 10.9. The minimum Gasteiger partial charge on any atom is -0.493 e. The van der Waals surface area contributed by atoms with Gasteiger partial charge in [-0.25, -0.2) is 4.70 Å². The fourth-order valence-electron chi connectivity index (χ4n) is 10.9. The van der Waals surface area contributed by atoms with Crippen molar-refractivity contribution in [1.82, 2.24) is 0 Å². The molecule has 0 unspecified atom stereocenters. The summed E-state index contributed by atoms with van der Waals surface area (Å²) < 4.78 is 1.61. The van der Waals surface area contributed by atoms with Gasteiger partial charge in [0.15, 0.2) is 0 Å². The van der Waals surface area contributed by atoms with Crippen molar-refractivity contribution in [3.63, 3.8) is 0 Å². The van der Waals surface area contributed by atoms with Gasteiger partial charge in [-0.05, 0) is 111 Å². The Balaban J connectivity index is 1.43. The Bertz CT molecular complexity index is 1550. The summed E-state index contributed by atoms with van der Waals surface area (Å²) in [6, 6.07) is 14.6. The number of aryl methyl sites for hydroxylation is 4. The normalized spacial score (nSPS) is 12.8. The number of hydrogen-bond acceptors (Lipinski definition) is 0. The zero-order chi connectivity index (χ0) is 48.5. The number of hydrogen-bond donors (Lipinski definition) is 0. The molecule has 0 aliphatic carbocycles. The van der Waals surface area contributed by atoms with Gasteiger partial charge in [-0.15, -0.1) is 0 Å². The van der Waals surface area contributed by atoms with Crippen LogP contribution in [0.3, 0.4) is 0 Å². The second-order valence-corrected chi connectivity index (χ2v) is 21.9. The van der Waals surface area contributed by atoms with Gasteiger partial charge in [0.1, 0.15) is 0 Å². The maximum atomic E-state index is 12.3. The van der Waals surface area contributed by atoms with Crippen molar-refractivity contribution in [3.8, 4) is 0 Å². The molecule has 1 heterocycles. The minimum atomic E-state index is 0.976. The average Bonchev–Trinajstić information content (AvgIpc) is 3.68. The van der Waals surface area contributed by atoms with E-state index in [1.165, 1.54) is 296 Å². The van der Waals surface area contributed by atoms with Crippen LogP contribution < -0.4 is 0 Å². The van der Waals surface area contributed by atoms with Crippen molar-refractivity contribution in [2.24, 2.45) is 0 Å². The van der Waals surface area contributed by atoms with Crippen molar-refractivity contribution in [2.75, 3.05) is 0 Å². The molecule has 1 aliphatic rings. The summed E-state index contributed by atoms with van der Waals surface area (Å²) in [6.45, 7) is 11.5. The molecule has 0 bridgehead atoms. The molecule has 0 saturated heterocycles. The maximum absolute atomic E-state index is 12.3. The van der Waals surface area contributed by atoms with E-state index in [0.29, 0.717) is 0 Å². The molecule has 68 heavy (non-hydrogen) atoms. The lowest BCUT2D eigenvalue weighted by atomic mass is 9.94. The lowest BCUT2D eigenvalue weighted by Crippen LogP contribution is -2.05. The van der Waals surface area contributed by atoms with Gasteiger partial charge in [-0.1, -0.05) is 271 Å². The van der Waals surface area contributed by atoms with E-state index in [4.69, 9.17) is 0 Å². The Kier molecular flexibility index (Phi) is 36.2. The Hall–Kier alpha value is -2.48. The first kappa shape index (κ1) is 59.8. The summed E-state index contributed by atoms with van der Waals surface area (Å²) in [5.74, 6) is 0. The van der Waals surface area contributed by atoms with E-state index in [0.717, 1.165) is 43.5 Å². The molecule has 0 saturated carbocycles. The van der Waals surface area contributed by atoms with Crippen LogP contribution in [0.1, 0.15) is 331 Å². The predicted octanol–water partition coefficient (Wildman–Crippen LogP) is 22.8. The molecule has 0 spiro atoms. The van der Waals surface area contributed by atoms with Gasteiger partial charge in [-0.2, -0.15) is 0 Å². The molecule has 386 valence electrons. The van der Waals surface area contributed by atoms with Crippen LogP contribution in [0.15, 0.2) is 48.0 Å². The van der Waals surface area contributed by atoms with Crippen LogP contribution in [0.25, 0.3) is 16.9 Å². The molecular formula is C66H112N2. The standard InChI is InChI=1S/C66H112N2/c1-6-11-16-19-20-21-22-23-24-25-26-27-28-29-30-31-32-33-34-35-36-37-38-39-40-41-42-45-50-62-57-65(63-53-58(46-14-9-4)51-59(54-63)47-15-10-5)68(67)66(62)64-55-60(48-43-17-12-7-2)52-61(56-64)49-44-18-13-8-3/h51-57H,6-50H2,1-5H3. The van der Waals surface area contributed by atoms with Crippen LogP contribution in [0.2, 0.25) is 0 Å². The van der Waals surface area contributed by atoms with E-state index in [9.17, 15) is 5.53 Å². The Morgan fingerprint density at radius 3 is 0.853 bits per heavy atom. The highest BCUT2D eigenvalue weighted by molar-refractivity contribution is 5.79. The van der Waals surface area contributed by atoms with E-state index < -0.39 is 0 Å². The van der Waals surface area contributed by atoms with Crippen molar-refractivity contribution >= 4 is 11.4 Å². The second kappa shape index (κ2) is 41.2. The van der Waals surface area contributed by atoms with Gasteiger partial charge in [0, 0.05) is 22.8 Å². The summed E-state index contributed by atoms with van der Waals surface area (Å²) >= 11 is 0. The first-order chi connectivity index (χ1) is 33.5. The third-order valence-corrected chi connectivity index (χ3v) is 15.3. The molecule has 0 amide bonds. The summed E-state index contributed by atoms with van der Waals surface area (Å²) in [6.07, 6.45) is 63.0. The fraction of sp³-hybridized carbons (Fsp3) is 0.758. The zero-order valence-corrected chi connectivity index (χ0v) is 46.3. The minimum absolute atomic E-state index is 0.976. The first-order valence-corrected chi connectivity index (χ1v) is 30.7. The third-order valence-electron chi connectivity index (χ3n) is 15.3. The molecule has 3 rings (SSSR count). The van der Waals surface area contributed by atoms with Crippen molar-refractivity contribution < 1.29 is 4.70 Å². The monoisotopic (exact) mass is 933 g/mol. The predicted molar refractivity (Wildman–Crippen MR) is 304 cm³/mol. The van der Waals surface area contributed by atoms with Crippen LogP contribution in [-0.2, 0) is 25.7 Å². The first-order valence-electron chi connectivity index (χ1n) is 30.7. The highest BCUT2D eigenvalue weighted by Gasteiger charge is 2.30. The van der Waals surface area contributed by atoms with Crippen molar-refractivity contribution in [2.45, 2.75) is 324 Å². The van der Waals surface area contributed by atoms with E-state index in [-0.39, 0.29) is 0 Å². The van der Waals surface area contributed by atoms with Gasteiger partial charge in [0.25, 0.3) is 0 Å². The summed E-state index contributed by atoms with van der Waals surface area (Å²) in [7, 11) is 0. The molecule has 0 N–H and O–H groups in total. The molecule has 1 aliphatic heterocycles. The molecule has 2 aromatic rings.